The summed E-state index contributed by atoms with van der Waals surface area (Å²) in [6, 6.07) is 0. The van der Waals surface area contributed by atoms with Crippen LogP contribution in [-0.2, 0) is 0 Å². The first-order valence-corrected chi connectivity index (χ1v) is 7.19. The molecule has 2 nitrogen and oxygen atoms in total. The van der Waals surface area contributed by atoms with Gasteiger partial charge in [-0.25, -0.2) is 4.58 Å². The summed E-state index contributed by atoms with van der Waals surface area (Å²) in [5.74, 6) is 0. The van der Waals surface area contributed by atoms with Gasteiger partial charge in [-0.1, -0.05) is 0 Å². The first kappa shape index (κ1) is 19.3. The van der Waals surface area contributed by atoms with Crippen LogP contribution >= 0.6 is 30.4 Å². The molecule has 0 fully saturated rings. The van der Waals surface area contributed by atoms with E-state index in [1.807, 2.05) is 37.7 Å². The predicted octanol–water partition coefficient (Wildman–Crippen LogP) is 4.55. The zero-order valence-corrected chi connectivity index (χ0v) is 12.7. The Labute approximate surface area is 109 Å². The van der Waals surface area contributed by atoms with Crippen molar-refractivity contribution in [3.8, 4) is 0 Å². The number of nitrogens with zero attached hydrogens (tertiary/aromatic N) is 2. The van der Waals surface area contributed by atoms with E-state index in [9.17, 15) is 25.2 Å². The van der Waals surface area contributed by atoms with Crippen LogP contribution < -0.4 is 0 Å². The van der Waals surface area contributed by atoms with Crippen molar-refractivity contribution < 1.29 is 29.8 Å². The maximum atomic E-state index is 9.87. The summed E-state index contributed by atoms with van der Waals surface area (Å²) in [7, 11) is -2.59. The molecule has 0 unspecified atom stereocenters. The van der Waals surface area contributed by atoms with Crippen LogP contribution in [0.5, 0.6) is 0 Å². The standard InChI is InChI=1S/C7H14IN2.F6P/c1-9(2)5-7(8)6-10(3)4;1-7(2,3,4,5)6/h5-6H,1-4H3;/q+1;-1. The fraction of sp³-hybridized carbons (Fsp3) is 0.571. The molecule has 0 aliphatic carbocycles. The monoisotopic (exact) mass is 398 g/mol. The zero-order valence-electron chi connectivity index (χ0n) is 9.64. The van der Waals surface area contributed by atoms with Crippen molar-refractivity contribution in [3.63, 3.8) is 0 Å². The van der Waals surface area contributed by atoms with Crippen molar-refractivity contribution in [2.75, 3.05) is 28.2 Å². The van der Waals surface area contributed by atoms with E-state index in [0.717, 1.165) is 0 Å². The molecule has 0 bridgehead atoms. The second-order valence-electron chi connectivity index (χ2n) is 3.53. The molecule has 10 heteroatoms. The van der Waals surface area contributed by atoms with Gasteiger partial charge in [0.25, 0.3) is 0 Å². The van der Waals surface area contributed by atoms with Gasteiger partial charge in [0, 0.05) is 20.3 Å². The van der Waals surface area contributed by atoms with Crippen LogP contribution in [0.2, 0.25) is 0 Å². The van der Waals surface area contributed by atoms with Crippen LogP contribution in [0.15, 0.2) is 9.78 Å². The summed E-state index contributed by atoms with van der Waals surface area (Å²) in [6.45, 7) is 0. The molecule has 0 heterocycles. The summed E-state index contributed by atoms with van der Waals surface area (Å²) in [6.07, 6.45) is 4.14. The first-order valence-electron chi connectivity index (χ1n) is 4.09. The van der Waals surface area contributed by atoms with Gasteiger partial charge in [-0.15, -0.1) is 0 Å². The molecule has 0 rings (SSSR count). The Morgan fingerprint density at radius 1 is 1.06 bits per heavy atom. The molecule has 0 aliphatic rings. The fourth-order valence-electron chi connectivity index (χ4n) is 0.527. The number of hydrogen-bond acceptors (Lipinski definition) is 1. The molecule has 0 N–H and O–H groups in total. The van der Waals surface area contributed by atoms with Crippen LogP contribution in [-0.4, -0.2) is 43.9 Å². The van der Waals surface area contributed by atoms with Gasteiger partial charge >= 0.3 is 33.0 Å². The van der Waals surface area contributed by atoms with Crippen LogP contribution in [0.25, 0.3) is 0 Å². The molecule has 0 aliphatic heterocycles. The third kappa shape index (κ3) is 49.1. The van der Waals surface area contributed by atoms with E-state index < -0.39 is 7.81 Å². The van der Waals surface area contributed by atoms with Crippen molar-refractivity contribution in [1.82, 2.24) is 4.90 Å². The molecule has 0 aromatic heterocycles. The minimum absolute atomic E-state index is 1.23. The Morgan fingerprint density at radius 2 is 1.35 bits per heavy atom. The molecule has 0 aromatic carbocycles. The fourth-order valence-corrected chi connectivity index (χ4v) is 1.64. The predicted molar refractivity (Wildman–Crippen MR) is 67.5 cm³/mol. The van der Waals surface area contributed by atoms with Crippen LogP contribution in [0.1, 0.15) is 0 Å². The zero-order chi connectivity index (χ0) is 14.6. The van der Waals surface area contributed by atoms with Crippen molar-refractivity contribution >= 4 is 36.6 Å². The molecule has 106 valence electrons. The molecule has 0 saturated carbocycles. The van der Waals surface area contributed by atoms with E-state index in [-0.39, 0.29) is 0 Å². The topological polar surface area (TPSA) is 6.25 Å². The summed E-state index contributed by atoms with van der Waals surface area (Å²) in [4.78, 5) is 2.03. The SMILES string of the molecule is CN(C)/C=C(\I)C=[N+](C)C.F[P-](F)(F)(F)(F)F. The second kappa shape index (κ2) is 5.29. The maximum absolute atomic E-state index is 10.7. The molecule has 0 atom stereocenters. The second-order valence-corrected chi connectivity index (χ2v) is 6.69. The summed E-state index contributed by atoms with van der Waals surface area (Å²) in [5.41, 5.74) is 0. The summed E-state index contributed by atoms with van der Waals surface area (Å²) < 4.78 is 62.5. The van der Waals surface area contributed by atoms with Crippen molar-refractivity contribution in [2.45, 2.75) is 0 Å². The van der Waals surface area contributed by atoms with Gasteiger partial charge in [-0.2, -0.15) is 0 Å². The molecular formula is C7H14F6IN2P. The molecule has 0 spiro atoms. The van der Waals surface area contributed by atoms with Gasteiger partial charge in [-0.3, -0.25) is 0 Å². The van der Waals surface area contributed by atoms with Crippen molar-refractivity contribution in [1.29, 1.82) is 0 Å². The van der Waals surface area contributed by atoms with Gasteiger partial charge in [0.05, 0.1) is 3.58 Å². The van der Waals surface area contributed by atoms with Crippen LogP contribution in [0.3, 0.4) is 0 Å². The summed E-state index contributed by atoms with van der Waals surface area (Å²) in [5, 5.41) is 0. The third-order valence-electron chi connectivity index (χ3n) is 0.763. The normalized spacial score (nSPS) is 16.1. The van der Waals surface area contributed by atoms with E-state index in [1.165, 1.54) is 3.58 Å². The molecule has 0 saturated heterocycles. The quantitative estimate of drug-likeness (QED) is 0.218. The van der Waals surface area contributed by atoms with Crippen molar-refractivity contribution in [3.05, 3.63) is 9.78 Å². The van der Waals surface area contributed by atoms with E-state index in [1.54, 1.807) is 0 Å². The molecule has 0 amide bonds. The molecule has 0 radical (unpaired) electrons. The van der Waals surface area contributed by atoms with Crippen LogP contribution in [0, 0.1) is 0 Å². The van der Waals surface area contributed by atoms with Gasteiger partial charge < -0.3 is 4.90 Å². The Morgan fingerprint density at radius 3 is 1.53 bits per heavy atom. The number of rotatable bonds is 2. The van der Waals surface area contributed by atoms with E-state index >= 15 is 0 Å². The van der Waals surface area contributed by atoms with E-state index in [4.69, 9.17) is 0 Å². The average molecular weight is 398 g/mol. The van der Waals surface area contributed by atoms with Gasteiger partial charge in [-0.05, 0) is 22.6 Å². The van der Waals surface area contributed by atoms with Gasteiger partial charge in [0.2, 0.25) is 0 Å². The van der Waals surface area contributed by atoms with Crippen molar-refractivity contribution in [2.24, 2.45) is 0 Å². The molecule has 17 heavy (non-hydrogen) atoms. The Hall–Kier alpha value is -0.0500. The molecular weight excluding hydrogens is 384 g/mol. The Kier molecular flexibility index (Phi) is 6.01. The Bertz CT molecular complexity index is 302. The summed E-state index contributed by atoms with van der Waals surface area (Å²) >= 11 is 2.29. The number of halogens is 7. The van der Waals surface area contributed by atoms with Gasteiger partial charge in [0.15, 0.2) is 6.21 Å². The average Bonchev–Trinajstić information content (AvgIpc) is 1.72. The van der Waals surface area contributed by atoms with E-state index in [2.05, 4.69) is 35.0 Å². The van der Waals surface area contributed by atoms with E-state index in [0.29, 0.717) is 0 Å². The Balaban J connectivity index is 0. The molecule has 0 aromatic rings. The van der Waals surface area contributed by atoms with Crippen LogP contribution in [0.4, 0.5) is 25.2 Å². The minimum atomic E-state index is -10.7. The number of hydrogen-bond donors (Lipinski definition) is 0. The number of allylic oxidation sites excluding steroid dienone is 1. The first-order chi connectivity index (χ1) is 6.97. The van der Waals surface area contributed by atoms with Gasteiger partial charge in [0.1, 0.15) is 14.1 Å². The third-order valence-corrected chi connectivity index (χ3v) is 1.32.